The molecule has 0 spiro atoms. The maximum absolute atomic E-state index is 2.65. The lowest BCUT2D eigenvalue weighted by Crippen LogP contribution is -2.31. The van der Waals surface area contributed by atoms with Crippen molar-refractivity contribution in [3.05, 3.63) is 34.9 Å². The molecule has 0 saturated carbocycles. The zero-order valence-electron chi connectivity index (χ0n) is 14.8. The Labute approximate surface area is 137 Å². The molecular formula is C21H33N. The number of nitrogens with zero attached hydrogens (tertiary/aromatic N) is 1. The van der Waals surface area contributed by atoms with Gasteiger partial charge in [0.15, 0.2) is 0 Å². The molecule has 1 heteroatoms. The van der Waals surface area contributed by atoms with Crippen LogP contribution in [0.3, 0.4) is 0 Å². The maximum Gasteiger partial charge on any atom is 0.00218 e. The van der Waals surface area contributed by atoms with Gasteiger partial charge in [-0.05, 0) is 79.6 Å². The van der Waals surface area contributed by atoms with Gasteiger partial charge in [0.05, 0.1) is 0 Å². The summed E-state index contributed by atoms with van der Waals surface area (Å²) in [6, 6.07) is 7.39. The second kappa shape index (κ2) is 6.74. The highest BCUT2D eigenvalue weighted by Crippen LogP contribution is 2.43. The summed E-state index contributed by atoms with van der Waals surface area (Å²) in [6.45, 7) is 11.1. The van der Waals surface area contributed by atoms with Crippen LogP contribution >= 0.6 is 0 Å². The lowest BCUT2D eigenvalue weighted by atomic mass is 9.69. The average molecular weight is 300 g/mol. The summed E-state index contributed by atoms with van der Waals surface area (Å²) in [7, 11) is 0. The second-order valence-electron chi connectivity index (χ2n) is 8.50. The van der Waals surface area contributed by atoms with Crippen molar-refractivity contribution in [1.82, 2.24) is 4.90 Å². The van der Waals surface area contributed by atoms with Gasteiger partial charge in [0, 0.05) is 6.54 Å². The van der Waals surface area contributed by atoms with Gasteiger partial charge in [-0.25, -0.2) is 0 Å². The van der Waals surface area contributed by atoms with Crippen molar-refractivity contribution < 1.29 is 0 Å². The Morgan fingerprint density at radius 2 is 1.82 bits per heavy atom. The van der Waals surface area contributed by atoms with E-state index in [2.05, 4.69) is 43.9 Å². The molecule has 22 heavy (non-hydrogen) atoms. The average Bonchev–Trinajstić information content (AvgIpc) is 2.52. The van der Waals surface area contributed by atoms with Crippen LogP contribution in [0, 0.1) is 5.41 Å². The number of benzene rings is 1. The van der Waals surface area contributed by atoms with Gasteiger partial charge >= 0.3 is 0 Å². The molecule has 1 heterocycles. The smallest absolute Gasteiger partial charge is 0.00218 e. The number of hydrogen-bond acceptors (Lipinski definition) is 1. The molecule has 1 aromatic carbocycles. The minimum absolute atomic E-state index is 0.393. The van der Waals surface area contributed by atoms with E-state index in [4.69, 9.17) is 0 Å². The molecule has 2 aliphatic rings. The molecule has 0 aromatic heterocycles. The quantitative estimate of drug-likeness (QED) is 0.743. The number of likely N-dealkylation sites (tertiary alicyclic amines) is 1. The number of piperidine rings is 1. The molecule has 0 unspecified atom stereocenters. The van der Waals surface area contributed by atoms with E-state index in [0.717, 1.165) is 5.92 Å². The first-order valence-corrected chi connectivity index (χ1v) is 9.38. The Bertz CT molecular complexity index is 491. The normalized spacial score (nSPS) is 23.3. The molecule has 3 rings (SSSR count). The van der Waals surface area contributed by atoms with Crippen LogP contribution in [0.25, 0.3) is 0 Å². The third kappa shape index (κ3) is 3.74. The van der Waals surface area contributed by atoms with Crippen LogP contribution in [0.5, 0.6) is 0 Å². The summed E-state index contributed by atoms with van der Waals surface area (Å²) in [5.74, 6) is 0.743. The Kier molecular flexibility index (Phi) is 4.92. The zero-order valence-corrected chi connectivity index (χ0v) is 14.8. The van der Waals surface area contributed by atoms with Crippen LogP contribution in [0.2, 0.25) is 0 Å². The van der Waals surface area contributed by atoms with E-state index in [1.807, 2.05) is 0 Å². The molecule has 0 bridgehead atoms. The van der Waals surface area contributed by atoms with Gasteiger partial charge in [0.2, 0.25) is 0 Å². The molecule has 0 N–H and O–H groups in total. The van der Waals surface area contributed by atoms with Crippen LogP contribution in [0.1, 0.15) is 75.5 Å². The van der Waals surface area contributed by atoms with Crippen LogP contribution in [0.15, 0.2) is 18.2 Å². The molecule has 1 fully saturated rings. The summed E-state index contributed by atoms with van der Waals surface area (Å²) in [5, 5.41) is 0. The van der Waals surface area contributed by atoms with E-state index >= 15 is 0 Å². The van der Waals surface area contributed by atoms with Crippen molar-refractivity contribution in [3.8, 4) is 0 Å². The van der Waals surface area contributed by atoms with E-state index in [9.17, 15) is 0 Å². The zero-order chi connectivity index (χ0) is 15.6. The molecule has 1 atom stereocenters. The lowest BCUT2D eigenvalue weighted by Gasteiger charge is -2.36. The van der Waals surface area contributed by atoms with Gasteiger partial charge in [-0.2, -0.15) is 0 Å². The lowest BCUT2D eigenvalue weighted by molar-refractivity contribution is 0.231. The highest BCUT2D eigenvalue weighted by Gasteiger charge is 2.30. The van der Waals surface area contributed by atoms with E-state index < -0.39 is 0 Å². The van der Waals surface area contributed by atoms with E-state index in [0.29, 0.717) is 5.41 Å². The Balaban J connectivity index is 1.68. The molecular weight excluding hydrogens is 266 g/mol. The van der Waals surface area contributed by atoms with Crippen LogP contribution in [-0.4, -0.2) is 24.5 Å². The Hall–Kier alpha value is -0.820. The molecule has 122 valence electrons. The van der Waals surface area contributed by atoms with E-state index in [1.54, 1.807) is 16.7 Å². The van der Waals surface area contributed by atoms with Gasteiger partial charge < -0.3 is 4.90 Å². The Morgan fingerprint density at radius 3 is 2.55 bits per heavy atom. The molecule has 1 aromatic rings. The van der Waals surface area contributed by atoms with Crippen LogP contribution < -0.4 is 0 Å². The van der Waals surface area contributed by atoms with Crippen LogP contribution in [0.4, 0.5) is 0 Å². The van der Waals surface area contributed by atoms with Crippen molar-refractivity contribution in [3.63, 3.8) is 0 Å². The molecule has 0 radical (unpaired) electrons. The first kappa shape index (κ1) is 16.1. The van der Waals surface area contributed by atoms with Gasteiger partial charge in [-0.3, -0.25) is 0 Å². The number of hydrogen-bond donors (Lipinski definition) is 0. The first-order valence-electron chi connectivity index (χ1n) is 9.38. The monoisotopic (exact) mass is 299 g/mol. The summed E-state index contributed by atoms with van der Waals surface area (Å²) < 4.78 is 0. The largest absolute Gasteiger partial charge is 0.303 e. The molecule has 1 aliphatic heterocycles. The van der Waals surface area contributed by atoms with Crippen LogP contribution in [-0.2, 0) is 12.8 Å². The van der Waals surface area contributed by atoms with Crippen molar-refractivity contribution in [2.24, 2.45) is 5.41 Å². The fourth-order valence-electron chi connectivity index (χ4n) is 4.39. The van der Waals surface area contributed by atoms with Crippen molar-refractivity contribution in [2.45, 2.75) is 71.6 Å². The summed E-state index contributed by atoms with van der Waals surface area (Å²) in [5.41, 5.74) is 5.23. The second-order valence-corrected chi connectivity index (χ2v) is 8.50. The Morgan fingerprint density at radius 1 is 1.05 bits per heavy atom. The van der Waals surface area contributed by atoms with Gasteiger partial charge in [0.1, 0.15) is 0 Å². The molecule has 1 saturated heterocycles. The van der Waals surface area contributed by atoms with Crippen molar-refractivity contribution in [2.75, 3.05) is 19.6 Å². The minimum atomic E-state index is 0.393. The van der Waals surface area contributed by atoms with Gasteiger partial charge in [-0.1, -0.05) is 45.4 Å². The maximum atomic E-state index is 2.65. The standard InChI is InChI=1S/C21H33N/c1-21(2,3)20-9-7-8-18-16-17(10-11-19(18)20)12-15-22-13-5-4-6-14-22/h10-11,16,20H,4-9,12-15H2,1-3H3/t20-/m0/s1. The highest BCUT2D eigenvalue weighted by molar-refractivity contribution is 5.37. The summed E-state index contributed by atoms with van der Waals surface area (Å²) in [4.78, 5) is 2.65. The van der Waals surface area contributed by atoms with E-state index in [1.165, 1.54) is 64.6 Å². The minimum Gasteiger partial charge on any atom is -0.303 e. The number of rotatable bonds is 3. The fraction of sp³-hybridized carbons (Fsp3) is 0.714. The fourth-order valence-corrected chi connectivity index (χ4v) is 4.39. The third-order valence-corrected chi connectivity index (χ3v) is 5.73. The van der Waals surface area contributed by atoms with Gasteiger partial charge in [-0.15, -0.1) is 0 Å². The van der Waals surface area contributed by atoms with E-state index in [-0.39, 0.29) is 0 Å². The summed E-state index contributed by atoms with van der Waals surface area (Å²) >= 11 is 0. The number of aryl methyl sites for hydroxylation is 1. The van der Waals surface area contributed by atoms with Gasteiger partial charge in [0.25, 0.3) is 0 Å². The first-order chi connectivity index (χ1) is 10.5. The number of fused-ring (bicyclic) bond motifs is 1. The van der Waals surface area contributed by atoms with Crippen molar-refractivity contribution >= 4 is 0 Å². The topological polar surface area (TPSA) is 3.24 Å². The SMILES string of the molecule is CC(C)(C)[C@H]1CCCc2cc(CCN3CCCCC3)ccc21. The molecule has 1 aliphatic carbocycles. The predicted octanol–water partition coefficient (Wildman–Crippen LogP) is 5.18. The van der Waals surface area contributed by atoms with Crippen molar-refractivity contribution in [1.29, 1.82) is 0 Å². The third-order valence-electron chi connectivity index (χ3n) is 5.73. The molecule has 0 amide bonds. The molecule has 1 nitrogen and oxygen atoms in total. The predicted molar refractivity (Wildman–Crippen MR) is 95.6 cm³/mol. The highest BCUT2D eigenvalue weighted by atomic mass is 15.1. The summed E-state index contributed by atoms with van der Waals surface area (Å²) in [6.07, 6.45) is 9.49.